The molecule has 0 aliphatic carbocycles. The molecule has 2 amide bonds. The lowest BCUT2D eigenvalue weighted by Crippen LogP contribution is -2.42. The molecule has 21 heavy (non-hydrogen) atoms. The number of likely N-dealkylation sites (tertiary alicyclic amines) is 1. The van der Waals surface area contributed by atoms with E-state index in [-0.39, 0.29) is 17.7 Å². The van der Waals surface area contributed by atoms with Gasteiger partial charge in [0, 0.05) is 42.6 Å². The van der Waals surface area contributed by atoms with Crippen LogP contribution in [0.5, 0.6) is 0 Å². The molecule has 114 valence electrons. The van der Waals surface area contributed by atoms with Crippen molar-refractivity contribution in [1.29, 1.82) is 0 Å². The van der Waals surface area contributed by atoms with Gasteiger partial charge in [0.25, 0.3) is 5.91 Å². The van der Waals surface area contributed by atoms with Crippen molar-refractivity contribution in [3.8, 4) is 0 Å². The van der Waals surface area contributed by atoms with Crippen molar-refractivity contribution in [3.05, 3.63) is 33.3 Å². The molecule has 0 aromatic heterocycles. The van der Waals surface area contributed by atoms with Crippen LogP contribution in [0.3, 0.4) is 0 Å². The molecular weight excluding hydrogens is 356 g/mol. The fraction of sp³-hybridized carbons (Fsp3) is 0.467. The first kappa shape index (κ1) is 16.3. The zero-order valence-corrected chi connectivity index (χ0v) is 14.4. The third-order valence-electron chi connectivity index (χ3n) is 3.73. The van der Waals surface area contributed by atoms with Crippen LogP contribution >= 0.6 is 27.5 Å². The highest BCUT2D eigenvalue weighted by atomic mass is 79.9. The first-order valence-corrected chi connectivity index (χ1v) is 8.02. The van der Waals surface area contributed by atoms with Crippen molar-refractivity contribution >= 4 is 39.3 Å². The number of hydrogen-bond donors (Lipinski definition) is 0. The molecule has 6 heteroatoms. The second kappa shape index (κ2) is 6.79. The monoisotopic (exact) mass is 372 g/mol. The largest absolute Gasteiger partial charge is 0.349 e. The molecule has 0 bridgehead atoms. The third kappa shape index (κ3) is 3.77. The molecule has 4 nitrogen and oxygen atoms in total. The van der Waals surface area contributed by atoms with E-state index in [1.807, 2.05) is 0 Å². The molecule has 0 spiro atoms. The van der Waals surface area contributed by atoms with Crippen molar-refractivity contribution in [2.45, 2.75) is 12.8 Å². The van der Waals surface area contributed by atoms with Gasteiger partial charge in [-0.25, -0.2) is 0 Å². The second-order valence-corrected chi connectivity index (χ2v) is 6.71. The molecule has 1 aliphatic heterocycles. The Labute approximate surface area is 138 Å². The molecule has 1 fully saturated rings. The molecule has 1 heterocycles. The van der Waals surface area contributed by atoms with E-state index < -0.39 is 0 Å². The van der Waals surface area contributed by atoms with Crippen molar-refractivity contribution in [3.63, 3.8) is 0 Å². The summed E-state index contributed by atoms with van der Waals surface area (Å²) in [7, 11) is 3.54. The summed E-state index contributed by atoms with van der Waals surface area (Å²) in [5.74, 6) is 0.154. The predicted molar refractivity (Wildman–Crippen MR) is 86.5 cm³/mol. The van der Waals surface area contributed by atoms with Gasteiger partial charge in [-0.1, -0.05) is 11.6 Å². The minimum Gasteiger partial charge on any atom is -0.349 e. The molecule has 1 aromatic carbocycles. The zero-order valence-electron chi connectivity index (χ0n) is 12.1. The fourth-order valence-corrected chi connectivity index (χ4v) is 3.38. The summed E-state index contributed by atoms with van der Waals surface area (Å²) in [6, 6.07) is 5.16. The molecule has 0 radical (unpaired) electrons. The van der Waals surface area contributed by atoms with Gasteiger partial charge in [0.05, 0.1) is 5.56 Å². The van der Waals surface area contributed by atoms with Crippen LogP contribution in [-0.2, 0) is 4.79 Å². The van der Waals surface area contributed by atoms with E-state index in [9.17, 15) is 9.59 Å². The van der Waals surface area contributed by atoms with Gasteiger partial charge in [-0.05, 0) is 47.0 Å². The van der Waals surface area contributed by atoms with E-state index >= 15 is 0 Å². The molecule has 1 saturated heterocycles. The van der Waals surface area contributed by atoms with E-state index in [0.29, 0.717) is 41.0 Å². The molecule has 0 saturated carbocycles. The van der Waals surface area contributed by atoms with Crippen molar-refractivity contribution in [2.24, 2.45) is 5.92 Å². The lowest BCUT2D eigenvalue weighted by molar-refractivity contribution is -0.134. The minimum absolute atomic E-state index is 0.0192. The van der Waals surface area contributed by atoms with E-state index in [1.54, 1.807) is 42.1 Å². The average Bonchev–Trinajstić information content (AvgIpc) is 2.46. The van der Waals surface area contributed by atoms with Gasteiger partial charge in [0.15, 0.2) is 0 Å². The SMILES string of the molecule is CN(C)C(=O)C1CCN(C(=O)c2ccc(Cl)cc2Br)CC1. The summed E-state index contributed by atoms with van der Waals surface area (Å²) in [5, 5.41) is 0.591. The quantitative estimate of drug-likeness (QED) is 0.799. The van der Waals surface area contributed by atoms with Gasteiger partial charge in [-0.2, -0.15) is 0 Å². The highest BCUT2D eigenvalue weighted by Crippen LogP contribution is 2.25. The molecule has 0 atom stereocenters. The number of hydrogen-bond acceptors (Lipinski definition) is 2. The van der Waals surface area contributed by atoms with Gasteiger partial charge >= 0.3 is 0 Å². The van der Waals surface area contributed by atoms with Crippen molar-refractivity contribution in [2.75, 3.05) is 27.2 Å². The topological polar surface area (TPSA) is 40.6 Å². The van der Waals surface area contributed by atoms with Gasteiger partial charge in [0.1, 0.15) is 0 Å². The van der Waals surface area contributed by atoms with Crippen molar-refractivity contribution in [1.82, 2.24) is 9.80 Å². The summed E-state index contributed by atoms with van der Waals surface area (Å²) >= 11 is 9.27. The number of benzene rings is 1. The Morgan fingerprint density at radius 1 is 1.29 bits per heavy atom. The summed E-state index contributed by atoms with van der Waals surface area (Å²) in [6.45, 7) is 1.22. The summed E-state index contributed by atoms with van der Waals surface area (Å²) in [5.41, 5.74) is 0.608. The van der Waals surface area contributed by atoms with Crippen LogP contribution in [0.1, 0.15) is 23.2 Å². The van der Waals surface area contributed by atoms with Crippen LogP contribution in [-0.4, -0.2) is 48.8 Å². The lowest BCUT2D eigenvalue weighted by atomic mass is 9.95. The minimum atomic E-state index is -0.0192. The Morgan fingerprint density at radius 3 is 2.43 bits per heavy atom. The third-order valence-corrected chi connectivity index (χ3v) is 4.62. The van der Waals surface area contributed by atoms with Crippen LogP contribution in [0.15, 0.2) is 22.7 Å². The summed E-state index contributed by atoms with van der Waals surface area (Å²) in [4.78, 5) is 27.9. The smallest absolute Gasteiger partial charge is 0.254 e. The Morgan fingerprint density at radius 2 is 1.90 bits per heavy atom. The molecule has 2 rings (SSSR count). The molecule has 0 N–H and O–H groups in total. The Bertz CT molecular complexity index is 555. The average molecular weight is 374 g/mol. The standard InChI is InChI=1S/C15H18BrClN2O2/c1-18(2)14(20)10-5-7-19(8-6-10)15(21)12-4-3-11(17)9-13(12)16/h3-4,9-10H,5-8H2,1-2H3. The predicted octanol–water partition coefficient (Wildman–Crippen LogP) is 3.04. The van der Waals surface area contributed by atoms with Crippen LogP contribution in [0.4, 0.5) is 0 Å². The van der Waals surface area contributed by atoms with E-state index in [1.165, 1.54) is 0 Å². The molecule has 1 aromatic rings. The summed E-state index contributed by atoms with van der Waals surface area (Å²) < 4.78 is 0.700. The van der Waals surface area contributed by atoms with Crippen molar-refractivity contribution < 1.29 is 9.59 Å². The number of halogens is 2. The molecular formula is C15H18BrClN2O2. The highest BCUT2D eigenvalue weighted by molar-refractivity contribution is 9.10. The van der Waals surface area contributed by atoms with E-state index in [2.05, 4.69) is 15.9 Å². The normalized spacial score (nSPS) is 15.9. The van der Waals surface area contributed by atoms with Gasteiger partial charge < -0.3 is 9.80 Å². The van der Waals surface area contributed by atoms with Crippen LogP contribution in [0.25, 0.3) is 0 Å². The van der Waals surface area contributed by atoms with Crippen LogP contribution < -0.4 is 0 Å². The van der Waals surface area contributed by atoms with Crippen LogP contribution in [0, 0.1) is 5.92 Å². The number of piperidine rings is 1. The van der Waals surface area contributed by atoms with Gasteiger partial charge in [-0.15, -0.1) is 0 Å². The highest BCUT2D eigenvalue weighted by Gasteiger charge is 2.29. The Kier molecular flexibility index (Phi) is 5.27. The number of amides is 2. The lowest BCUT2D eigenvalue weighted by Gasteiger charge is -2.32. The number of carbonyl (C=O) groups is 2. The summed E-state index contributed by atoms with van der Waals surface area (Å²) in [6.07, 6.45) is 1.43. The van der Waals surface area contributed by atoms with Gasteiger partial charge in [0.2, 0.25) is 5.91 Å². The maximum absolute atomic E-state index is 12.5. The second-order valence-electron chi connectivity index (χ2n) is 5.42. The van der Waals surface area contributed by atoms with E-state index in [0.717, 1.165) is 0 Å². The fourth-order valence-electron chi connectivity index (χ4n) is 2.53. The number of nitrogens with zero attached hydrogens (tertiary/aromatic N) is 2. The maximum atomic E-state index is 12.5. The molecule has 0 unspecified atom stereocenters. The Balaban J connectivity index is 2.02. The first-order valence-electron chi connectivity index (χ1n) is 6.85. The number of rotatable bonds is 2. The van der Waals surface area contributed by atoms with Crippen LogP contribution in [0.2, 0.25) is 5.02 Å². The number of carbonyl (C=O) groups excluding carboxylic acids is 2. The Hall–Kier alpha value is -1.07. The zero-order chi connectivity index (χ0) is 15.6. The van der Waals surface area contributed by atoms with E-state index in [4.69, 9.17) is 11.6 Å². The maximum Gasteiger partial charge on any atom is 0.254 e. The first-order chi connectivity index (χ1) is 9.90. The molecule has 1 aliphatic rings. The van der Waals surface area contributed by atoms with Gasteiger partial charge in [-0.3, -0.25) is 9.59 Å².